The van der Waals surface area contributed by atoms with Gasteiger partial charge in [0.2, 0.25) is 0 Å². The normalized spacial score (nSPS) is 38.8. The van der Waals surface area contributed by atoms with E-state index >= 15 is 0 Å². The Morgan fingerprint density at radius 1 is 0.712 bits per heavy atom. The molecule has 12 unspecified atom stereocenters. The van der Waals surface area contributed by atoms with E-state index in [2.05, 4.69) is 88.5 Å². The smallest absolute Gasteiger partial charge is 0.192 e. The fourth-order valence-corrected chi connectivity index (χ4v) is 22.6. The molecule has 9 bridgehead atoms. The van der Waals surface area contributed by atoms with Crippen LogP contribution in [0, 0.1) is 11.8 Å². The lowest BCUT2D eigenvalue weighted by molar-refractivity contribution is -0.256. The van der Waals surface area contributed by atoms with Crippen LogP contribution < -0.4 is 0 Å². The number of allylic oxidation sites excluding steroid dienone is 1. The summed E-state index contributed by atoms with van der Waals surface area (Å²) in [7, 11) is -4.29. The first-order valence-corrected chi connectivity index (χ1v) is 37.3. The monoisotopic (exact) mass is 1070 g/mol. The lowest BCUT2D eigenvalue weighted by Crippen LogP contribution is -2.58. The first kappa shape index (κ1) is 59.8. The third-order valence-corrected chi connectivity index (χ3v) is 33.8. The summed E-state index contributed by atoms with van der Waals surface area (Å²) in [6.07, 6.45) is 8.55. The van der Waals surface area contributed by atoms with Gasteiger partial charge in [0.15, 0.2) is 30.7 Å². The Morgan fingerprint density at radius 2 is 1.38 bits per heavy atom. The molecule has 7 aliphatic rings. The molecule has 0 aromatic carbocycles. The maximum atomic E-state index is 14.5. The maximum Gasteiger partial charge on any atom is 0.192 e. The summed E-state index contributed by atoms with van der Waals surface area (Å²) in [4.78, 5) is 14.5. The molecular formula is C58H102O12Si3. The summed E-state index contributed by atoms with van der Waals surface area (Å²) in [5, 5.41) is 11.6. The number of Topliss-reactive ketones (excluding diaryl/α,β-unsaturated/α-hetero) is 1. The van der Waals surface area contributed by atoms with Crippen LogP contribution in [0.1, 0.15) is 153 Å². The van der Waals surface area contributed by atoms with Gasteiger partial charge in [0, 0.05) is 58.0 Å². The molecule has 0 saturated carbocycles. The summed E-state index contributed by atoms with van der Waals surface area (Å²) in [5.74, 6) is -0.729. The number of carbonyl (C=O) groups is 1. The van der Waals surface area contributed by atoms with Crippen LogP contribution in [0.25, 0.3) is 0 Å². The van der Waals surface area contributed by atoms with Crippen molar-refractivity contribution in [1.82, 2.24) is 0 Å². The van der Waals surface area contributed by atoms with E-state index in [4.69, 9.17) is 46.4 Å². The van der Waals surface area contributed by atoms with Gasteiger partial charge in [-0.25, -0.2) is 0 Å². The van der Waals surface area contributed by atoms with Crippen molar-refractivity contribution in [2.45, 2.75) is 298 Å². The zero-order valence-electron chi connectivity index (χ0n) is 47.5. The average Bonchev–Trinajstić information content (AvgIpc) is 4.01. The molecule has 7 aliphatic heterocycles. The molecule has 0 aromatic heterocycles. The van der Waals surface area contributed by atoms with E-state index in [1.807, 2.05) is 6.08 Å². The van der Waals surface area contributed by atoms with Gasteiger partial charge >= 0.3 is 0 Å². The minimum absolute atomic E-state index is 0.0136. The van der Waals surface area contributed by atoms with Crippen LogP contribution in [0.3, 0.4) is 0 Å². The average molecular weight is 1080 g/mol. The molecule has 6 fully saturated rings. The van der Waals surface area contributed by atoms with Crippen molar-refractivity contribution in [3.8, 4) is 0 Å². The number of rotatable bonds is 19. The second kappa shape index (κ2) is 26.4. The number of ketones is 1. The minimum Gasteiger partial charge on any atom is -0.414 e. The van der Waals surface area contributed by atoms with Gasteiger partial charge in [0.05, 0.1) is 86.0 Å². The Morgan fingerprint density at radius 3 is 2.04 bits per heavy atom. The molecule has 1 N–H and O–H groups in total. The molecular weight excluding hydrogens is 973 g/mol. The van der Waals surface area contributed by atoms with Crippen LogP contribution >= 0.6 is 0 Å². The first-order chi connectivity index (χ1) is 35.0. The lowest BCUT2D eigenvalue weighted by atomic mass is 9.81. The van der Waals surface area contributed by atoms with Gasteiger partial charge in [-0.3, -0.25) is 4.79 Å². The Bertz CT molecular complexity index is 1800. The number of aliphatic hydroxyl groups is 1. The summed E-state index contributed by atoms with van der Waals surface area (Å²) in [6, 6.07) is 9.41. The number of hydrogen-bond donors (Lipinski definition) is 1. The largest absolute Gasteiger partial charge is 0.414 e. The predicted molar refractivity (Wildman–Crippen MR) is 296 cm³/mol. The van der Waals surface area contributed by atoms with Gasteiger partial charge in [-0.15, -0.1) is 0 Å². The van der Waals surface area contributed by atoms with Gasteiger partial charge in [-0.1, -0.05) is 94.5 Å². The van der Waals surface area contributed by atoms with Crippen molar-refractivity contribution in [3.63, 3.8) is 0 Å². The van der Waals surface area contributed by atoms with Crippen molar-refractivity contribution in [1.29, 1.82) is 0 Å². The Balaban J connectivity index is 1.19. The van der Waals surface area contributed by atoms with Gasteiger partial charge in [-0.2, -0.15) is 0 Å². The van der Waals surface area contributed by atoms with E-state index in [0.717, 1.165) is 97.6 Å². The van der Waals surface area contributed by atoms with Gasteiger partial charge in [0.1, 0.15) is 11.9 Å². The summed E-state index contributed by atoms with van der Waals surface area (Å²) >= 11 is 0. The lowest BCUT2D eigenvalue weighted by Gasteiger charge is -2.47. The van der Waals surface area contributed by atoms with E-state index in [1.165, 1.54) is 0 Å². The highest BCUT2D eigenvalue weighted by molar-refractivity contribution is 6.74. The predicted octanol–water partition coefficient (Wildman–Crippen LogP) is 12.3. The SMILES string of the molecule is C=C1C(C)CC2CC[C@@H]3OC(CC[C@]45CC(O)C(O4)[C@H]4CC(O5)C(O[Si](CC)(CC)CC)C(C/C=C/CC(=O)CC5C(CC1O2)O[C@H](CC(CO[Si](CC)(CC)CC)O[Si](CC)(CC)CC)[C@@H]5OC)O4)CC3=C. The Kier molecular flexibility index (Phi) is 21.6. The van der Waals surface area contributed by atoms with E-state index in [9.17, 15) is 9.90 Å². The molecule has 7 rings (SSSR count). The first-order valence-electron chi connectivity index (χ1n) is 29.7. The number of ether oxygens (including phenoxy) is 7. The molecule has 0 radical (unpaired) electrons. The Hall–Kier alpha value is -0.899. The molecule has 0 aliphatic carbocycles. The second-order valence-electron chi connectivity index (χ2n) is 23.6. The highest BCUT2D eigenvalue weighted by Crippen LogP contribution is 2.49. The third-order valence-electron chi connectivity index (χ3n) is 19.8. The number of aliphatic hydroxyl groups excluding tert-OH is 1. The highest BCUT2D eigenvalue weighted by Gasteiger charge is 2.59. The molecule has 418 valence electrons. The van der Waals surface area contributed by atoms with Crippen LogP contribution in [0.2, 0.25) is 54.4 Å². The quantitative estimate of drug-likeness (QED) is 0.0976. The summed E-state index contributed by atoms with van der Waals surface area (Å²) in [5.41, 5.74) is 2.22. The van der Waals surface area contributed by atoms with Crippen LogP contribution in [0.15, 0.2) is 36.5 Å². The molecule has 12 nitrogen and oxygen atoms in total. The number of hydrogen-bond acceptors (Lipinski definition) is 12. The molecule has 0 amide bonds. The minimum atomic E-state index is -2.12. The van der Waals surface area contributed by atoms with Crippen LogP contribution in [0.4, 0.5) is 0 Å². The topological polar surface area (TPSA) is 130 Å². The van der Waals surface area contributed by atoms with Crippen molar-refractivity contribution >= 4 is 30.7 Å². The van der Waals surface area contributed by atoms with Crippen LogP contribution in [-0.2, 0) is 51.2 Å². The number of methoxy groups -OCH3 is 1. The Labute approximate surface area is 445 Å². The summed E-state index contributed by atoms with van der Waals surface area (Å²) in [6.45, 7) is 32.5. The van der Waals surface area contributed by atoms with E-state index in [-0.39, 0.29) is 97.3 Å². The van der Waals surface area contributed by atoms with E-state index < -0.39 is 42.9 Å². The zero-order chi connectivity index (χ0) is 52.7. The standard InChI is InChI=1S/C58H102O12Si3/c1-14-71(15-2,16-3)62-38-45(69-72(17-4,18-5)19-6)34-52-55(61-13)46-33-42(59)25-23-24-26-49-57(70-73(20-7,21-8)22-9)54-36-53(65-49)56-47(60)37-58(67-54,68-56)30-29-44-32-40(11)48(63-44)28-27-43-31-39(10)41(12)50(64-43)35-51(46)66-52/h23-24,39,43-57,60H,11-12,14-22,25-38H2,1-10,13H3/b24-23+/t39?,43?,44?,45?,46?,47?,48-,49?,50?,51?,52+,53+,54?,55+,56?,57?,58+/m0/s1. The van der Waals surface area contributed by atoms with Crippen molar-refractivity contribution in [3.05, 3.63) is 36.5 Å². The molecule has 73 heavy (non-hydrogen) atoms. The molecule has 1 spiro atoms. The molecule has 6 saturated heterocycles. The maximum absolute atomic E-state index is 14.5. The second-order valence-corrected chi connectivity index (χ2v) is 37.8. The van der Waals surface area contributed by atoms with Crippen molar-refractivity contribution in [2.24, 2.45) is 11.8 Å². The molecule has 15 heteroatoms. The van der Waals surface area contributed by atoms with Crippen molar-refractivity contribution in [2.75, 3.05) is 13.7 Å². The van der Waals surface area contributed by atoms with Crippen LogP contribution in [0.5, 0.6) is 0 Å². The molecule has 17 atom stereocenters. The third kappa shape index (κ3) is 13.8. The van der Waals surface area contributed by atoms with Gasteiger partial charge in [-0.05, 0) is 110 Å². The van der Waals surface area contributed by atoms with Crippen molar-refractivity contribution < 1.29 is 56.3 Å². The zero-order valence-corrected chi connectivity index (χ0v) is 50.5. The molecule has 7 heterocycles. The molecule has 0 aromatic rings. The van der Waals surface area contributed by atoms with Gasteiger partial charge < -0.3 is 51.5 Å². The number of fused-ring (bicyclic) bond motifs is 9. The fraction of sp³-hybridized carbons (Fsp3) is 0.879. The number of carbonyl (C=O) groups excluding carboxylic acids is 1. The van der Waals surface area contributed by atoms with Gasteiger partial charge in [0.25, 0.3) is 0 Å². The summed E-state index contributed by atoms with van der Waals surface area (Å²) < 4.78 is 70.4. The van der Waals surface area contributed by atoms with E-state index in [1.54, 1.807) is 7.11 Å². The van der Waals surface area contributed by atoms with E-state index in [0.29, 0.717) is 51.6 Å². The fourth-order valence-electron chi connectivity index (χ4n) is 14.2. The highest BCUT2D eigenvalue weighted by atomic mass is 28.4. The van der Waals surface area contributed by atoms with Crippen LogP contribution in [-0.4, -0.2) is 141 Å².